The minimum Gasteiger partial charge on any atom is -0.507 e. The summed E-state index contributed by atoms with van der Waals surface area (Å²) in [5.74, 6) is -1.33. The molecule has 2 heterocycles. The lowest BCUT2D eigenvalue weighted by Crippen LogP contribution is -2.04. The molecule has 30 heavy (non-hydrogen) atoms. The van der Waals surface area contributed by atoms with Crippen molar-refractivity contribution in [1.82, 2.24) is 9.97 Å². The molecule has 0 atom stereocenters. The fourth-order valence-electron chi connectivity index (χ4n) is 2.89. The molecule has 8 nitrogen and oxygen atoms in total. The summed E-state index contributed by atoms with van der Waals surface area (Å²) in [5, 5.41) is 19.2. The molecule has 0 fully saturated rings. The normalized spacial score (nSPS) is 10.5. The van der Waals surface area contributed by atoms with E-state index in [0.29, 0.717) is 5.39 Å². The van der Waals surface area contributed by atoms with Gasteiger partial charge in [0, 0.05) is 30.3 Å². The van der Waals surface area contributed by atoms with Gasteiger partial charge in [0.05, 0.1) is 36.0 Å². The third-order valence-corrected chi connectivity index (χ3v) is 4.15. The Morgan fingerprint density at radius 2 is 1.33 bits per heavy atom. The van der Waals surface area contributed by atoms with Crippen molar-refractivity contribution in [3.63, 3.8) is 0 Å². The van der Waals surface area contributed by atoms with Crippen LogP contribution in [0.5, 0.6) is 23.0 Å². The van der Waals surface area contributed by atoms with Gasteiger partial charge in [-0.1, -0.05) is 0 Å². The number of halogens is 2. The number of aromatic amines is 2. The number of nitrogens with one attached hydrogen (secondary N) is 2. The van der Waals surface area contributed by atoms with E-state index in [1.807, 2.05) is 0 Å². The Hall–Kier alpha value is -4.08. The van der Waals surface area contributed by atoms with Gasteiger partial charge in [-0.15, -0.1) is 0 Å². The third-order valence-electron chi connectivity index (χ3n) is 4.15. The zero-order valence-electron chi connectivity index (χ0n) is 15.7. The van der Waals surface area contributed by atoms with Crippen LogP contribution in [0.3, 0.4) is 0 Å². The average Bonchev–Trinajstić information content (AvgIpc) is 2.66. The van der Waals surface area contributed by atoms with Gasteiger partial charge in [0.1, 0.15) is 34.6 Å². The number of H-pyrrole nitrogens is 2. The molecule has 0 radical (unpaired) electrons. The molecule has 4 aromatic rings. The number of hydrogen-bond donors (Lipinski definition) is 4. The first-order valence-corrected chi connectivity index (χ1v) is 8.42. The number of pyridine rings is 2. The van der Waals surface area contributed by atoms with Crippen molar-refractivity contribution in [2.45, 2.75) is 0 Å². The van der Waals surface area contributed by atoms with Gasteiger partial charge in [0.2, 0.25) is 0 Å². The van der Waals surface area contributed by atoms with E-state index in [4.69, 9.17) is 9.47 Å². The standard InChI is InChI=1S/2C10H8FNO3/c1-15-8-3-5(11)2-6-10(8)7(13)4-9(14)12-6;1-15-5-2-6(11)10-7(3-5)12-9(14)4-8(10)13/h2*2-4H,1H3,(H2,12,13,14). The van der Waals surface area contributed by atoms with E-state index in [0.717, 1.165) is 30.3 Å². The third kappa shape index (κ3) is 4.02. The number of aromatic hydroxyl groups is 2. The number of rotatable bonds is 2. The van der Waals surface area contributed by atoms with E-state index in [1.54, 1.807) is 0 Å². The Labute approximate surface area is 166 Å². The maximum Gasteiger partial charge on any atom is 0.252 e. The second-order valence-corrected chi connectivity index (χ2v) is 6.10. The molecule has 4 N–H and O–H groups in total. The van der Waals surface area contributed by atoms with Crippen LogP contribution in [0.2, 0.25) is 0 Å². The molecule has 4 rings (SSSR count). The van der Waals surface area contributed by atoms with Crippen molar-refractivity contribution >= 4 is 21.8 Å². The largest absolute Gasteiger partial charge is 0.507 e. The van der Waals surface area contributed by atoms with E-state index >= 15 is 0 Å². The summed E-state index contributed by atoms with van der Waals surface area (Å²) >= 11 is 0. The Morgan fingerprint density at radius 1 is 0.767 bits per heavy atom. The summed E-state index contributed by atoms with van der Waals surface area (Å²) in [5.41, 5.74) is -0.575. The number of methoxy groups -OCH3 is 2. The van der Waals surface area contributed by atoms with E-state index in [1.165, 1.54) is 20.3 Å². The molecule has 0 amide bonds. The lowest BCUT2D eigenvalue weighted by molar-refractivity contribution is 0.412. The second-order valence-electron chi connectivity index (χ2n) is 6.10. The van der Waals surface area contributed by atoms with Gasteiger partial charge in [-0.3, -0.25) is 9.59 Å². The van der Waals surface area contributed by atoms with Gasteiger partial charge >= 0.3 is 0 Å². The number of hydrogen-bond acceptors (Lipinski definition) is 6. The predicted molar refractivity (Wildman–Crippen MR) is 105 cm³/mol. The summed E-state index contributed by atoms with van der Waals surface area (Å²) in [6.07, 6.45) is 0. The van der Waals surface area contributed by atoms with Crippen LogP contribution in [-0.4, -0.2) is 34.4 Å². The van der Waals surface area contributed by atoms with E-state index in [9.17, 15) is 28.6 Å². The molecular formula is C20H16F2N2O6. The summed E-state index contributed by atoms with van der Waals surface area (Å²) in [7, 11) is 2.75. The van der Waals surface area contributed by atoms with Crippen LogP contribution < -0.4 is 20.6 Å². The summed E-state index contributed by atoms with van der Waals surface area (Å²) in [4.78, 5) is 26.9. The molecule has 0 bridgehead atoms. The predicted octanol–water partition coefficient (Wildman–Crippen LogP) is 2.76. The lowest BCUT2D eigenvalue weighted by Gasteiger charge is -2.06. The smallest absolute Gasteiger partial charge is 0.252 e. The fraction of sp³-hybridized carbons (Fsp3) is 0.100. The van der Waals surface area contributed by atoms with Crippen molar-refractivity contribution in [3.8, 4) is 23.0 Å². The van der Waals surface area contributed by atoms with Gasteiger partial charge < -0.3 is 29.7 Å². The van der Waals surface area contributed by atoms with Crippen LogP contribution >= 0.6 is 0 Å². The van der Waals surface area contributed by atoms with Crippen LogP contribution in [0.15, 0.2) is 46.0 Å². The molecule has 0 aliphatic heterocycles. The highest BCUT2D eigenvalue weighted by Gasteiger charge is 2.11. The van der Waals surface area contributed by atoms with E-state index in [2.05, 4.69) is 9.97 Å². The zero-order valence-corrected chi connectivity index (χ0v) is 15.7. The van der Waals surface area contributed by atoms with Crippen molar-refractivity contribution < 1.29 is 28.5 Å². The molecule has 0 spiro atoms. The Morgan fingerprint density at radius 3 is 1.90 bits per heavy atom. The first-order chi connectivity index (χ1) is 14.2. The number of aromatic nitrogens is 2. The highest BCUT2D eigenvalue weighted by molar-refractivity contribution is 5.90. The minimum absolute atomic E-state index is 0.0181. The molecule has 0 aliphatic rings. The molecule has 10 heteroatoms. The Bertz CT molecular complexity index is 1350. The van der Waals surface area contributed by atoms with Crippen LogP contribution in [0.25, 0.3) is 21.8 Å². The van der Waals surface area contributed by atoms with Crippen LogP contribution in [0, 0.1) is 11.6 Å². The molecule has 0 saturated carbocycles. The van der Waals surface area contributed by atoms with Crippen LogP contribution in [0.4, 0.5) is 8.78 Å². The maximum absolute atomic E-state index is 13.5. The van der Waals surface area contributed by atoms with Crippen LogP contribution in [0.1, 0.15) is 0 Å². The first-order valence-electron chi connectivity index (χ1n) is 8.42. The summed E-state index contributed by atoms with van der Waals surface area (Å²) < 4.78 is 36.3. The van der Waals surface area contributed by atoms with Crippen LogP contribution in [-0.2, 0) is 0 Å². The molecular weight excluding hydrogens is 402 g/mol. The van der Waals surface area contributed by atoms with Crippen molar-refractivity contribution in [2.24, 2.45) is 0 Å². The van der Waals surface area contributed by atoms with Crippen molar-refractivity contribution in [1.29, 1.82) is 0 Å². The lowest BCUT2D eigenvalue weighted by atomic mass is 10.2. The van der Waals surface area contributed by atoms with E-state index < -0.39 is 22.8 Å². The van der Waals surface area contributed by atoms with Gasteiger partial charge in [-0.05, 0) is 6.07 Å². The summed E-state index contributed by atoms with van der Waals surface area (Å²) in [6, 6.07) is 6.79. The average molecular weight is 418 g/mol. The zero-order chi connectivity index (χ0) is 22.0. The highest BCUT2D eigenvalue weighted by Crippen LogP contribution is 2.31. The number of ether oxygens (including phenoxy) is 2. The van der Waals surface area contributed by atoms with Gasteiger partial charge in [-0.25, -0.2) is 8.78 Å². The Balaban J connectivity index is 0.000000171. The van der Waals surface area contributed by atoms with Gasteiger partial charge in [0.25, 0.3) is 11.1 Å². The van der Waals surface area contributed by atoms with Gasteiger partial charge in [-0.2, -0.15) is 0 Å². The molecule has 0 unspecified atom stereocenters. The van der Waals surface area contributed by atoms with Gasteiger partial charge in [0.15, 0.2) is 0 Å². The number of fused-ring (bicyclic) bond motifs is 2. The Kier molecular flexibility index (Phi) is 5.58. The fourth-order valence-corrected chi connectivity index (χ4v) is 2.89. The second kappa shape index (κ2) is 8.11. The molecule has 0 aliphatic carbocycles. The minimum atomic E-state index is -0.641. The molecule has 0 saturated heterocycles. The molecule has 2 aromatic carbocycles. The summed E-state index contributed by atoms with van der Waals surface area (Å²) in [6.45, 7) is 0. The van der Waals surface area contributed by atoms with Crippen molar-refractivity contribution in [3.05, 3.63) is 68.7 Å². The quantitative estimate of drug-likeness (QED) is 0.397. The first kappa shape index (κ1) is 20.6. The molecule has 2 aromatic heterocycles. The molecule has 156 valence electrons. The van der Waals surface area contributed by atoms with Crippen molar-refractivity contribution in [2.75, 3.05) is 14.2 Å². The highest BCUT2D eigenvalue weighted by atomic mass is 19.1. The number of benzene rings is 2. The SMILES string of the molecule is COc1cc(F)c2c(O)cc(=O)[nH]c2c1.COc1cc(F)cc2[nH]c(=O)cc(O)c12. The maximum atomic E-state index is 13.5. The topological polar surface area (TPSA) is 125 Å². The van der Waals surface area contributed by atoms with E-state index in [-0.39, 0.29) is 39.4 Å². The monoisotopic (exact) mass is 418 g/mol.